The summed E-state index contributed by atoms with van der Waals surface area (Å²) in [6.45, 7) is 5.43. The fraction of sp³-hybridized carbons (Fsp3) is 0.429. The molecule has 5 nitrogen and oxygen atoms in total. The van der Waals surface area contributed by atoms with Gasteiger partial charge in [0.25, 0.3) is 0 Å². The predicted molar refractivity (Wildman–Crippen MR) is 83.8 cm³/mol. The Morgan fingerprint density at radius 1 is 1.35 bits per heavy atom. The summed E-state index contributed by atoms with van der Waals surface area (Å²) in [5.41, 5.74) is 0.851. The molecule has 1 heterocycles. The van der Waals surface area contributed by atoms with Gasteiger partial charge >= 0.3 is 5.69 Å². The molecule has 0 aliphatic carbocycles. The van der Waals surface area contributed by atoms with Gasteiger partial charge in [0.15, 0.2) is 0 Å². The first kappa shape index (κ1) is 14.8. The van der Waals surface area contributed by atoms with Crippen LogP contribution in [0.1, 0.15) is 26.1 Å². The molecule has 6 heteroatoms. The van der Waals surface area contributed by atoms with Crippen LogP contribution in [0.5, 0.6) is 0 Å². The van der Waals surface area contributed by atoms with Gasteiger partial charge < -0.3 is 5.32 Å². The number of halogens is 1. The zero-order chi connectivity index (χ0) is 14.5. The van der Waals surface area contributed by atoms with E-state index < -0.39 is 0 Å². The Kier molecular flexibility index (Phi) is 5.00. The maximum Gasteiger partial charge on any atom is 0.343 e. The molecule has 0 spiro atoms. The highest BCUT2D eigenvalue weighted by Crippen LogP contribution is 2.14. The van der Waals surface area contributed by atoms with Crippen LogP contribution in [0.2, 0.25) is 0 Å². The third-order valence-electron chi connectivity index (χ3n) is 2.95. The molecule has 1 aromatic carbocycles. The molecule has 0 aliphatic rings. The second-order valence-corrected chi connectivity index (χ2v) is 6.06. The fourth-order valence-electron chi connectivity index (χ4n) is 1.77. The van der Waals surface area contributed by atoms with E-state index in [0.29, 0.717) is 24.8 Å². The first-order valence-electron chi connectivity index (χ1n) is 6.70. The van der Waals surface area contributed by atoms with Crippen molar-refractivity contribution >= 4 is 21.6 Å². The monoisotopic (exact) mass is 338 g/mol. The summed E-state index contributed by atoms with van der Waals surface area (Å²) in [5.74, 6) is 1.21. The van der Waals surface area contributed by atoms with Gasteiger partial charge in [-0.15, -0.1) is 0 Å². The van der Waals surface area contributed by atoms with E-state index in [1.807, 2.05) is 24.3 Å². The molecule has 20 heavy (non-hydrogen) atoms. The van der Waals surface area contributed by atoms with E-state index in [1.54, 1.807) is 0 Å². The zero-order valence-corrected chi connectivity index (χ0v) is 13.3. The van der Waals surface area contributed by atoms with E-state index >= 15 is 0 Å². The Bertz CT molecular complexity index is 600. The van der Waals surface area contributed by atoms with Crippen molar-refractivity contribution in [1.29, 1.82) is 0 Å². The molecule has 0 amide bonds. The van der Waals surface area contributed by atoms with Gasteiger partial charge in [-0.05, 0) is 36.6 Å². The molecule has 0 fully saturated rings. The number of aromatic amines is 1. The van der Waals surface area contributed by atoms with Crippen molar-refractivity contribution in [2.75, 3.05) is 5.32 Å². The molecular formula is C14H19BrN4O. The quantitative estimate of drug-likeness (QED) is 0.850. The van der Waals surface area contributed by atoms with Crippen LogP contribution in [0, 0.1) is 5.92 Å². The van der Waals surface area contributed by atoms with Crippen molar-refractivity contribution in [3.8, 4) is 0 Å². The van der Waals surface area contributed by atoms with Gasteiger partial charge in [-0.2, -0.15) is 5.10 Å². The minimum atomic E-state index is -0.141. The van der Waals surface area contributed by atoms with Crippen LogP contribution in [-0.4, -0.2) is 14.8 Å². The smallest absolute Gasteiger partial charge is 0.343 e. The minimum absolute atomic E-state index is 0.141. The van der Waals surface area contributed by atoms with Gasteiger partial charge in [0, 0.05) is 16.7 Å². The van der Waals surface area contributed by atoms with Crippen molar-refractivity contribution < 1.29 is 0 Å². The van der Waals surface area contributed by atoms with Gasteiger partial charge in [-0.1, -0.05) is 29.8 Å². The zero-order valence-electron chi connectivity index (χ0n) is 11.7. The molecule has 0 aliphatic heterocycles. The Balaban J connectivity index is 1.95. The summed E-state index contributed by atoms with van der Waals surface area (Å²) < 4.78 is 2.54. The van der Waals surface area contributed by atoms with Crippen molar-refractivity contribution in [2.24, 2.45) is 5.92 Å². The average molecular weight is 339 g/mol. The van der Waals surface area contributed by atoms with E-state index in [4.69, 9.17) is 0 Å². The number of aromatic nitrogens is 3. The van der Waals surface area contributed by atoms with Gasteiger partial charge in [0.2, 0.25) is 0 Å². The fourth-order valence-corrected chi connectivity index (χ4v) is 2.03. The van der Waals surface area contributed by atoms with Crippen LogP contribution >= 0.6 is 15.9 Å². The normalized spacial score (nSPS) is 11.0. The number of nitrogens with zero attached hydrogens (tertiary/aromatic N) is 2. The second kappa shape index (κ2) is 6.74. The Morgan fingerprint density at radius 3 is 2.70 bits per heavy atom. The van der Waals surface area contributed by atoms with Crippen molar-refractivity contribution in [1.82, 2.24) is 14.8 Å². The second-order valence-electron chi connectivity index (χ2n) is 5.14. The van der Waals surface area contributed by atoms with Crippen LogP contribution in [0.3, 0.4) is 0 Å². The highest BCUT2D eigenvalue weighted by molar-refractivity contribution is 9.10. The molecule has 0 radical (unpaired) electrons. The van der Waals surface area contributed by atoms with Crippen LogP contribution in [0.25, 0.3) is 0 Å². The molecule has 108 valence electrons. The molecule has 2 N–H and O–H groups in total. The summed E-state index contributed by atoms with van der Waals surface area (Å²) in [5, 5.41) is 7.52. The van der Waals surface area contributed by atoms with E-state index in [1.165, 1.54) is 4.68 Å². The molecule has 0 atom stereocenters. The van der Waals surface area contributed by atoms with Gasteiger partial charge in [0.05, 0.1) is 6.54 Å². The van der Waals surface area contributed by atoms with Crippen molar-refractivity contribution in [3.05, 3.63) is 45.0 Å². The van der Waals surface area contributed by atoms with E-state index in [2.05, 4.69) is 45.2 Å². The number of hydrogen-bond donors (Lipinski definition) is 2. The molecule has 1 aromatic heterocycles. The van der Waals surface area contributed by atoms with E-state index in [0.717, 1.165) is 16.6 Å². The first-order chi connectivity index (χ1) is 9.54. The molecule has 0 saturated carbocycles. The first-order valence-corrected chi connectivity index (χ1v) is 7.49. The highest BCUT2D eigenvalue weighted by atomic mass is 79.9. The van der Waals surface area contributed by atoms with Gasteiger partial charge in [-0.3, -0.25) is 4.98 Å². The third-order valence-corrected chi connectivity index (χ3v) is 3.48. The molecule has 0 saturated heterocycles. The SMILES string of the molecule is CC(C)CCn1nc(CNc2ccc(Br)cc2)[nH]c1=O. The minimum Gasteiger partial charge on any atom is -0.378 e. The third kappa shape index (κ3) is 4.23. The number of aryl methyl sites for hydroxylation is 1. The predicted octanol–water partition coefficient (Wildman–Crippen LogP) is 2.99. The number of H-pyrrole nitrogens is 1. The maximum atomic E-state index is 11.7. The van der Waals surface area contributed by atoms with E-state index in [9.17, 15) is 4.79 Å². The van der Waals surface area contributed by atoms with Crippen LogP contribution < -0.4 is 11.0 Å². The van der Waals surface area contributed by atoms with Crippen LogP contribution in [-0.2, 0) is 13.1 Å². The highest BCUT2D eigenvalue weighted by Gasteiger charge is 2.05. The largest absolute Gasteiger partial charge is 0.378 e. The summed E-state index contributed by atoms with van der Waals surface area (Å²) in [4.78, 5) is 14.5. The van der Waals surface area contributed by atoms with Gasteiger partial charge in [0.1, 0.15) is 5.82 Å². The van der Waals surface area contributed by atoms with Crippen LogP contribution in [0.4, 0.5) is 5.69 Å². The Labute approximate surface area is 126 Å². The lowest BCUT2D eigenvalue weighted by Crippen LogP contribution is -2.18. The number of rotatable bonds is 6. The number of hydrogen-bond acceptors (Lipinski definition) is 3. The van der Waals surface area contributed by atoms with Crippen molar-refractivity contribution in [2.45, 2.75) is 33.4 Å². The molecule has 2 rings (SSSR count). The average Bonchev–Trinajstić information content (AvgIpc) is 2.76. The number of anilines is 1. The topological polar surface area (TPSA) is 62.7 Å². The number of benzene rings is 1. The summed E-state index contributed by atoms with van der Waals surface area (Å²) in [7, 11) is 0. The van der Waals surface area contributed by atoms with E-state index in [-0.39, 0.29) is 5.69 Å². The summed E-state index contributed by atoms with van der Waals surface area (Å²) in [6, 6.07) is 7.87. The Hall–Kier alpha value is -1.56. The molecule has 2 aromatic rings. The summed E-state index contributed by atoms with van der Waals surface area (Å²) in [6.07, 6.45) is 0.949. The lowest BCUT2D eigenvalue weighted by atomic mass is 10.1. The maximum absolute atomic E-state index is 11.7. The lowest BCUT2D eigenvalue weighted by Gasteiger charge is -2.04. The standard InChI is InChI=1S/C14H19BrN4O/c1-10(2)7-8-19-14(20)17-13(18-19)9-16-12-5-3-11(15)4-6-12/h3-6,10,16H,7-9H2,1-2H3,(H,17,18,20). The molecule has 0 unspecified atom stereocenters. The number of nitrogens with one attached hydrogen (secondary N) is 2. The lowest BCUT2D eigenvalue weighted by molar-refractivity contribution is 0.476. The van der Waals surface area contributed by atoms with Crippen LogP contribution in [0.15, 0.2) is 33.5 Å². The Morgan fingerprint density at radius 2 is 2.05 bits per heavy atom. The molecule has 0 bridgehead atoms. The molecular weight excluding hydrogens is 320 g/mol. The summed E-state index contributed by atoms with van der Waals surface area (Å²) >= 11 is 3.39. The van der Waals surface area contributed by atoms with Gasteiger partial charge in [-0.25, -0.2) is 9.48 Å². The van der Waals surface area contributed by atoms with Crippen molar-refractivity contribution in [3.63, 3.8) is 0 Å².